The van der Waals surface area contributed by atoms with Gasteiger partial charge in [0.25, 0.3) is 0 Å². The molecule has 31 heavy (non-hydrogen) atoms. The van der Waals surface area contributed by atoms with Gasteiger partial charge >= 0.3 is 8.60 Å². The van der Waals surface area contributed by atoms with Crippen LogP contribution in [0.25, 0.3) is 0 Å². The molecular weight excluding hydrogens is 419 g/mol. The predicted molar refractivity (Wildman–Crippen MR) is 128 cm³/mol. The maximum Gasteiger partial charge on any atom is 0.327 e. The SMILES string of the molecule is CCCCCCCCCCCCCCCCCCOP(O)O.OCC(CO)(CO)CO. The minimum Gasteiger partial charge on any atom is -0.396 e. The summed E-state index contributed by atoms with van der Waals surface area (Å²) < 4.78 is 4.74. The average molecular weight is 471 g/mol. The molecule has 0 aliphatic carbocycles. The summed E-state index contributed by atoms with van der Waals surface area (Å²) in [4.78, 5) is 17.2. The van der Waals surface area contributed by atoms with Crippen LogP contribution in [0.3, 0.4) is 0 Å². The second-order valence-electron chi connectivity index (χ2n) is 8.52. The lowest BCUT2D eigenvalue weighted by atomic mass is 9.93. The van der Waals surface area contributed by atoms with Crippen LogP contribution in [-0.2, 0) is 4.52 Å². The maximum atomic E-state index is 8.58. The van der Waals surface area contributed by atoms with Gasteiger partial charge in [0.1, 0.15) is 0 Å². The van der Waals surface area contributed by atoms with Crippen LogP contribution in [0.1, 0.15) is 110 Å². The number of unbranched alkanes of at least 4 members (excludes halogenated alkanes) is 15. The lowest BCUT2D eigenvalue weighted by molar-refractivity contribution is -0.0328. The molecule has 0 amide bonds. The third kappa shape index (κ3) is 24.6. The highest BCUT2D eigenvalue weighted by molar-refractivity contribution is 7.39. The third-order valence-electron chi connectivity index (χ3n) is 5.55. The average Bonchev–Trinajstić information content (AvgIpc) is 2.78. The van der Waals surface area contributed by atoms with Crippen LogP contribution < -0.4 is 0 Å². The van der Waals surface area contributed by atoms with Gasteiger partial charge in [-0.3, -0.25) is 0 Å². The van der Waals surface area contributed by atoms with Crippen LogP contribution in [0.4, 0.5) is 0 Å². The fourth-order valence-corrected chi connectivity index (χ4v) is 3.39. The van der Waals surface area contributed by atoms with Crippen LogP contribution in [0, 0.1) is 5.41 Å². The van der Waals surface area contributed by atoms with Crippen LogP contribution >= 0.6 is 8.60 Å². The van der Waals surface area contributed by atoms with E-state index in [-0.39, 0.29) is 0 Å². The van der Waals surface area contributed by atoms with Gasteiger partial charge < -0.3 is 34.7 Å². The second kappa shape index (κ2) is 26.4. The Morgan fingerprint density at radius 1 is 0.516 bits per heavy atom. The Labute approximate surface area is 191 Å². The molecule has 190 valence electrons. The Kier molecular flexibility index (Phi) is 28.4. The molecule has 0 saturated carbocycles. The molecule has 0 saturated heterocycles. The van der Waals surface area contributed by atoms with Crippen molar-refractivity contribution >= 4 is 8.60 Å². The molecule has 8 heteroatoms. The summed E-state index contributed by atoms with van der Waals surface area (Å²) in [5.74, 6) is 0. The first-order chi connectivity index (χ1) is 15.0. The minimum atomic E-state index is -2.14. The number of rotatable bonds is 22. The van der Waals surface area contributed by atoms with E-state index < -0.39 is 40.4 Å². The normalized spacial score (nSPS) is 11.6. The zero-order chi connectivity index (χ0) is 23.6. The highest BCUT2D eigenvalue weighted by atomic mass is 31.2. The lowest BCUT2D eigenvalue weighted by Crippen LogP contribution is -2.37. The molecule has 0 aromatic rings. The van der Waals surface area contributed by atoms with E-state index in [1.807, 2.05) is 0 Å². The van der Waals surface area contributed by atoms with Crippen molar-refractivity contribution in [2.45, 2.75) is 110 Å². The Morgan fingerprint density at radius 2 is 0.806 bits per heavy atom. The first-order valence-electron chi connectivity index (χ1n) is 12.3. The van der Waals surface area contributed by atoms with E-state index in [9.17, 15) is 0 Å². The van der Waals surface area contributed by atoms with Gasteiger partial charge in [0, 0.05) is 0 Å². The third-order valence-corrected chi connectivity index (χ3v) is 5.96. The van der Waals surface area contributed by atoms with Gasteiger partial charge in [-0.1, -0.05) is 103 Å². The van der Waals surface area contributed by atoms with E-state index in [1.165, 1.54) is 89.9 Å². The number of aliphatic hydroxyl groups excluding tert-OH is 4. The monoisotopic (exact) mass is 470 g/mol. The van der Waals surface area contributed by atoms with E-state index in [0.29, 0.717) is 6.61 Å². The number of aliphatic hydroxyl groups is 4. The van der Waals surface area contributed by atoms with Gasteiger partial charge in [0.15, 0.2) is 0 Å². The van der Waals surface area contributed by atoms with E-state index in [4.69, 9.17) is 34.7 Å². The van der Waals surface area contributed by atoms with Crippen molar-refractivity contribution < 1.29 is 34.7 Å². The molecule has 0 unspecified atom stereocenters. The molecule has 0 fully saturated rings. The molecule has 7 nitrogen and oxygen atoms in total. The molecular formula is C23H51O7P. The Hall–Kier alpha value is 0.150. The smallest absolute Gasteiger partial charge is 0.327 e. The zero-order valence-corrected chi connectivity index (χ0v) is 20.8. The first kappa shape index (κ1) is 33.3. The maximum absolute atomic E-state index is 8.58. The lowest BCUT2D eigenvalue weighted by Gasteiger charge is -2.23. The van der Waals surface area contributed by atoms with Crippen molar-refractivity contribution in [2.24, 2.45) is 5.41 Å². The van der Waals surface area contributed by atoms with Gasteiger partial charge in [0.2, 0.25) is 0 Å². The van der Waals surface area contributed by atoms with Crippen molar-refractivity contribution in [3.8, 4) is 0 Å². The first-order valence-corrected chi connectivity index (χ1v) is 13.4. The molecule has 0 radical (unpaired) electrons. The molecule has 0 aliphatic heterocycles. The Bertz CT molecular complexity index is 312. The number of hydrogen-bond acceptors (Lipinski definition) is 7. The van der Waals surface area contributed by atoms with Gasteiger partial charge in [-0.05, 0) is 6.42 Å². The minimum absolute atomic E-state index is 0.406. The Balaban J connectivity index is 0. The summed E-state index contributed by atoms with van der Waals surface area (Å²) in [7, 11) is -2.14. The molecule has 0 rings (SSSR count). The van der Waals surface area contributed by atoms with E-state index in [1.54, 1.807) is 0 Å². The molecule has 0 aromatic carbocycles. The molecule has 6 N–H and O–H groups in total. The van der Waals surface area contributed by atoms with Crippen molar-refractivity contribution in [1.82, 2.24) is 0 Å². The highest BCUT2D eigenvalue weighted by Gasteiger charge is 2.26. The summed E-state index contributed by atoms with van der Waals surface area (Å²) >= 11 is 0. The largest absolute Gasteiger partial charge is 0.396 e. The molecule has 0 aliphatic rings. The van der Waals surface area contributed by atoms with E-state index in [0.717, 1.165) is 12.8 Å². The van der Waals surface area contributed by atoms with Crippen molar-refractivity contribution in [3.63, 3.8) is 0 Å². The fourth-order valence-electron chi connectivity index (χ4n) is 3.10. The summed E-state index contributed by atoms with van der Waals surface area (Å²) in [5, 5.41) is 34.0. The topological polar surface area (TPSA) is 131 Å². The van der Waals surface area contributed by atoms with Crippen LogP contribution in [0.2, 0.25) is 0 Å². The van der Waals surface area contributed by atoms with Gasteiger partial charge in [-0.25, -0.2) is 0 Å². The van der Waals surface area contributed by atoms with Crippen LogP contribution in [0.5, 0.6) is 0 Å². The van der Waals surface area contributed by atoms with Gasteiger partial charge in [-0.15, -0.1) is 0 Å². The zero-order valence-electron chi connectivity index (χ0n) is 19.9. The van der Waals surface area contributed by atoms with E-state index >= 15 is 0 Å². The summed E-state index contributed by atoms with van der Waals surface area (Å²) in [5.41, 5.74) is -1.11. The predicted octanol–water partition coefficient (Wildman–Crippen LogP) is 4.42. The molecule has 0 heterocycles. The summed E-state index contributed by atoms with van der Waals surface area (Å²) in [6.45, 7) is 1.13. The number of hydrogen-bond donors (Lipinski definition) is 6. The van der Waals surface area contributed by atoms with E-state index in [2.05, 4.69) is 6.92 Å². The van der Waals surface area contributed by atoms with Crippen molar-refractivity contribution in [2.75, 3.05) is 33.0 Å². The van der Waals surface area contributed by atoms with Crippen molar-refractivity contribution in [1.29, 1.82) is 0 Å². The van der Waals surface area contributed by atoms with Gasteiger partial charge in [0.05, 0.1) is 38.4 Å². The highest BCUT2D eigenvalue weighted by Crippen LogP contribution is 2.24. The summed E-state index contributed by atoms with van der Waals surface area (Å²) in [6, 6.07) is 0. The quantitative estimate of drug-likeness (QED) is 0.102. The standard InChI is InChI=1S/C18H39O3P.C5H12O4/c1-2-3-4-5-6-7-8-9-10-11-12-13-14-15-16-17-18-21-22(19)20;6-1-5(2-7,3-8)4-9/h19-20H,2-18H2,1H3;6-9H,1-4H2. The van der Waals surface area contributed by atoms with Gasteiger partial charge in [-0.2, -0.15) is 0 Å². The fraction of sp³-hybridized carbons (Fsp3) is 1.00. The van der Waals surface area contributed by atoms with Crippen molar-refractivity contribution in [3.05, 3.63) is 0 Å². The van der Waals surface area contributed by atoms with Crippen LogP contribution in [-0.4, -0.2) is 63.2 Å². The molecule has 0 bridgehead atoms. The molecule has 0 atom stereocenters. The summed E-state index contributed by atoms with van der Waals surface area (Å²) in [6.07, 6.45) is 21.6. The molecule has 0 aromatic heterocycles. The molecule has 0 spiro atoms. The van der Waals surface area contributed by atoms with Crippen LogP contribution in [0.15, 0.2) is 0 Å². The Morgan fingerprint density at radius 3 is 1.03 bits per heavy atom. The second-order valence-corrected chi connectivity index (χ2v) is 9.29.